The molecule has 2 aromatic carbocycles. The summed E-state index contributed by atoms with van der Waals surface area (Å²) in [6, 6.07) is 12.5. The van der Waals surface area contributed by atoms with E-state index in [-0.39, 0.29) is 41.4 Å². The van der Waals surface area contributed by atoms with Crippen molar-refractivity contribution in [1.82, 2.24) is 0 Å². The summed E-state index contributed by atoms with van der Waals surface area (Å²) in [5.41, 5.74) is 4.03. The van der Waals surface area contributed by atoms with Crippen molar-refractivity contribution in [2.45, 2.75) is 20.3 Å². The number of nitrogens with one attached hydrogen (secondary N) is 1. The van der Waals surface area contributed by atoms with Crippen LogP contribution in [0, 0.1) is 37.5 Å². The van der Waals surface area contributed by atoms with Crippen LogP contribution in [0.1, 0.15) is 27.9 Å². The Bertz CT molecular complexity index is 1040. The molecular formula is C24H22N2O3. The molecule has 2 bridgehead atoms. The number of nitrogens with zero attached hydrogens (tertiary/aromatic N) is 1. The third-order valence-corrected chi connectivity index (χ3v) is 6.62. The molecule has 1 aliphatic heterocycles. The maximum Gasteiger partial charge on any atom is 0.255 e. The highest BCUT2D eigenvalue weighted by molar-refractivity contribution is 6.23. The molecule has 1 heterocycles. The number of aryl methyl sites for hydroxylation is 2. The van der Waals surface area contributed by atoms with Gasteiger partial charge in [0.15, 0.2) is 0 Å². The number of benzene rings is 2. The molecule has 1 N–H and O–H groups in total. The first-order valence-corrected chi connectivity index (χ1v) is 9.99. The van der Waals surface area contributed by atoms with Crippen molar-refractivity contribution in [2.24, 2.45) is 23.7 Å². The Kier molecular flexibility index (Phi) is 3.95. The Labute approximate surface area is 169 Å². The second kappa shape index (κ2) is 6.41. The van der Waals surface area contributed by atoms with Crippen molar-refractivity contribution in [2.75, 3.05) is 10.2 Å². The molecular weight excluding hydrogens is 364 g/mol. The van der Waals surface area contributed by atoms with Crippen LogP contribution in [0.5, 0.6) is 0 Å². The Morgan fingerprint density at radius 3 is 2.10 bits per heavy atom. The lowest BCUT2D eigenvalue weighted by Crippen LogP contribution is -2.32. The average Bonchev–Trinajstić information content (AvgIpc) is 3.39. The number of anilines is 2. The molecule has 3 amide bonds. The lowest BCUT2D eigenvalue weighted by atomic mass is 9.85. The molecule has 5 nitrogen and oxygen atoms in total. The first-order valence-electron chi connectivity index (χ1n) is 9.99. The van der Waals surface area contributed by atoms with Gasteiger partial charge in [-0.1, -0.05) is 18.2 Å². The van der Waals surface area contributed by atoms with Crippen LogP contribution in [0.3, 0.4) is 0 Å². The van der Waals surface area contributed by atoms with E-state index in [1.54, 1.807) is 24.3 Å². The van der Waals surface area contributed by atoms with Gasteiger partial charge in [0, 0.05) is 11.3 Å². The molecule has 3 aliphatic rings. The molecule has 2 fully saturated rings. The van der Waals surface area contributed by atoms with Gasteiger partial charge in [-0.2, -0.15) is 0 Å². The van der Waals surface area contributed by atoms with Crippen molar-refractivity contribution in [3.63, 3.8) is 0 Å². The van der Waals surface area contributed by atoms with Crippen LogP contribution >= 0.6 is 0 Å². The Morgan fingerprint density at radius 2 is 1.52 bits per heavy atom. The molecule has 4 atom stereocenters. The number of rotatable bonds is 3. The molecule has 5 heteroatoms. The predicted molar refractivity (Wildman–Crippen MR) is 111 cm³/mol. The number of hydrogen-bond acceptors (Lipinski definition) is 3. The summed E-state index contributed by atoms with van der Waals surface area (Å²) in [7, 11) is 0. The van der Waals surface area contributed by atoms with E-state index in [1.165, 1.54) is 10.5 Å². The van der Waals surface area contributed by atoms with Crippen molar-refractivity contribution < 1.29 is 14.4 Å². The topological polar surface area (TPSA) is 66.5 Å². The van der Waals surface area contributed by atoms with Crippen LogP contribution in [0.4, 0.5) is 11.4 Å². The zero-order valence-corrected chi connectivity index (χ0v) is 16.4. The van der Waals surface area contributed by atoms with Crippen molar-refractivity contribution >= 4 is 29.1 Å². The fourth-order valence-electron chi connectivity index (χ4n) is 4.94. The van der Waals surface area contributed by atoms with Gasteiger partial charge in [0.2, 0.25) is 11.8 Å². The van der Waals surface area contributed by atoms with E-state index in [1.807, 2.05) is 32.0 Å². The first kappa shape index (κ1) is 17.9. The summed E-state index contributed by atoms with van der Waals surface area (Å²) in [6.07, 6.45) is 5.08. The van der Waals surface area contributed by atoms with Crippen molar-refractivity contribution in [3.05, 3.63) is 71.3 Å². The van der Waals surface area contributed by atoms with Gasteiger partial charge in [-0.3, -0.25) is 19.3 Å². The van der Waals surface area contributed by atoms with E-state index in [2.05, 4.69) is 17.5 Å². The fourth-order valence-corrected chi connectivity index (χ4v) is 4.94. The quantitative estimate of drug-likeness (QED) is 0.643. The number of carbonyl (C=O) groups is 3. The smallest absolute Gasteiger partial charge is 0.255 e. The lowest BCUT2D eigenvalue weighted by molar-refractivity contribution is -0.123. The van der Waals surface area contributed by atoms with Gasteiger partial charge >= 0.3 is 0 Å². The largest absolute Gasteiger partial charge is 0.322 e. The maximum absolute atomic E-state index is 12.9. The highest BCUT2D eigenvalue weighted by atomic mass is 16.2. The number of fused-ring (bicyclic) bond motifs is 5. The molecule has 0 spiro atoms. The van der Waals surface area contributed by atoms with Gasteiger partial charge in [0.25, 0.3) is 5.91 Å². The number of allylic oxidation sites excluding steroid dienone is 2. The predicted octanol–water partition coefficient (Wildman–Crippen LogP) is 3.87. The van der Waals surface area contributed by atoms with Crippen LogP contribution in [-0.4, -0.2) is 17.7 Å². The summed E-state index contributed by atoms with van der Waals surface area (Å²) < 4.78 is 0. The van der Waals surface area contributed by atoms with Crippen LogP contribution in [0.15, 0.2) is 54.6 Å². The Balaban J connectivity index is 1.34. The second-order valence-electron chi connectivity index (χ2n) is 8.31. The van der Waals surface area contributed by atoms with E-state index in [9.17, 15) is 14.4 Å². The molecule has 1 saturated carbocycles. The minimum absolute atomic E-state index is 0.107. The van der Waals surface area contributed by atoms with Gasteiger partial charge in [-0.15, -0.1) is 0 Å². The summed E-state index contributed by atoms with van der Waals surface area (Å²) in [5, 5.41) is 2.89. The number of imide groups is 1. The zero-order chi connectivity index (χ0) is 20.3. The summed E-state index contributed by atoms with van der Waals surface area (Å²) >= 11 is 0. The Hall–Kier alpha value is -3.21. The number of carbonyl (C=O) groups excluding carboxylic acids is 3. The van der Waals surface area contributed by atoms with Crippen LogP contribution in [-0.2, 0) is 9.59 Å². The molecule has 0 radical (unpaired) electrons. The van der Waals surface area contributed by atoms with Gasteiger partial charge in [-0.05, 0) is 79.6 Å². The van der Waals surface area contributed by atoms with E-state index in [0.29, 0.717) is 11.3 Å². The van der Waals surface area contributed by atoms with Gasteiger partial charge in [0.1, 0.15) is 0 Å². The first-order chi connectivity index (χ1) is 13.9. The molecule has 146 valence electrons. The average molecular weight is 386 g/mol. The molecule has 0 unspecified atom stereocenters. The third-order valence-electron chi connectivity index (χ3n) is 6.62. The fraction of sp³-hybridized carbons (Fsp3) is 0.292. The van der Waals surface area contributed by atoms with E-state index in [0.717, 1.165) is 17.7 Å². The maximum atomic E-state index is 12.9. The number of amides is 3. The normalized spacial score (nSPS) is 26.9. The van der Waals surface area contributed by atoms with Crippen LogP contribution in [0.25, 0.3) is 0 Å². The molecule has 0 aromatic heterocycles. The second-order valence-corrected chi connectivity index (χ2v) is 8.31. The number of hydrogen-bond donors (Lipinski definition) is 1. The Morgan fingerprint density at radius 1 is 0.897 bits per heavy atom. The minimum atomic E-state index is -0.224. The molecule has 1 saturated heterocycles. The van der Waals surface area contributed by atoms with Crippen molar-refractivity contribution in [1.29, 1.82) is 0 Å². The van der Waals surface area contributed by atoms with Crippen molar-refractivity contribution in [3.8, 4) is 0 Å². The zero-order valence-electron chi connectivity index (χ0n) is 16.4. The SMILES string of the molecule is Cc1ccc(NC(=O)c2ccc(N3C(=O)[C@@H]4[C@H](C3=O)[C@@H]3C=C[C@H]4C3)cc2)cc1C. The summed E-state index contributed by atoms with van der Waals surface area (Å²) in [4.78, 5) is 39.7. The molecule has 2 aliphatic carbocycles. The summed E-state index contributed by atoms with van der Waals surface area (Å²) in [6.45, 7) is 4.02. The van der Waals surface area contributed by atoms with Gasteiger partial charge < -0.3 is 5.32 Å². The monoisotopic (exact) mass is 386 g/mol. The van der Waals surface area contributed by atoms with E-state index >= 15 is 0 Å². The van der Waals surface area contributed by atoms with Crippen LogP contribution < -0.4 is 10.2 Å². The molecule has 2 aromatic rings. The highest BCUT2D eigenvalue weighted by Gasteiger charge is 2.59. The van der Waals surface area contributed by atoms with Gasteiger partial charge in [0.05, 0.1) is 17.5 Å². The third kappa shape index (κ3) is 2.72. The minimum Gasteiger partial charge on any atom is -0.322 e. The molecule has 29 heavy (non-hydrogen) atoms. The lowest BCUT2D eigenvalue weighted by Gasteiger charge is -2.17. The summed E-state index contributed by atoms with van der Waals surface area (Å²) in [5.74, 6) is -0.495. The standard InChI is InChI=1S/C24H22N2O3/c1-13-3-8-18(11-14(13)2)25-22(27)15-6-9-19(10-7-15)26-23(28)20-16-4-5-17(12-16)21(20)24(26)29/h3-11,16-17,20-21H,12H2,1-2H3,(H,25,27)/t16-,17+,20-,21+. The van der Waals surface area contributed by atoms with Crippen LogP contribution in [0.2, 0.25) is 0 Å². The van der Waals surface area contributed by atoms with Gasteiger partial charge in [-0.25, -0.2) is 0 Å². The highest BCUT2D eigenvalue weighted by Crippen LogP contribution is 2.53. The van der Waals surface area contributed by atoms with E-state index in [4.69, 9.17) is 0 Å². The van der Waals surface area contributed by atoms with E-state index < -0.39 is 0 Å². The molecule has 5 rings (SSSR count).